The standard InChI is InChI=1S/C18H28N2O/c1-18(21,15-8-3-2-4-9-15)14-20-13-6-5-11-17(20)16-10-7-12-19-16/h2-4,8-9,16-17,19,21H,5-7,10-14H2,1H3. The molecular formula is C18H28N2O. The van der Waals surface area contributed by atoms with Crippen molar-refractivity contribution in [3.63, 3.8) is 0 Å². The Bertz CT molecular complexity index is 440. The predicted octanol–water partition coefficient (Wildman–Crippen LogP) is 2.50. The summed E-state index contributed by atoms with van der Waals surface area (Å²) >= 11 is 0. The van der Waals surface area contributed by atoms with E-state index in [0.717, 1.165) is 25.2 Å². The van der Waals surface area contributed by atoms with Crippen molar-refractivity contribution in [2.45, 2.75) is 56.7 Å². The largest absolute Gasteiger partial charge is 0.384 e. The Morgan fingerprint density at radius 3 is 2.71 bits per heavy atom. The first-order chi connectivity index (χ1) is 10.2. The molecule has 2 saturated heterocycles. The van der Waals surface area contributed by atoms with Crippen LogP contribution in [0, 0.1) is 0 Å². The second kappa shape index (κ2) is 6.47. The molecule has 1 aromatic rings. The third-order valence-corrected chi connectivity index (χ3v) is 5.13. The molecule has 0 saturated carbocycles. The summed E-state index contributed by atoms with van der Waals surface area (Å²) in [4.78, 5) is 2.53. The third-order valence-electron chi connectivity index (χ3n) is 5.13. The van der Waals surface area contributed by atoms with Crippen molar-refractivity contribution in [2.24, 2.45) is 0 Å². The van der Waals surface area contributed by atoms with Crippen LogP contribution in [0.2, 0.25) is 0 Å². The zero-order valence-corrected chi connectivity index (χ0v) is 13.1. The highest BCUT2D eigenvalue weighted by Crippen LogP contribution is 2.29. The van der Waals surface area contributed by atoms with E-state index in [-0.39, 0.29) is 0 Å². The van der Waals surface area contributed by atoms with Crippen molar-refractivity contribution < 1.29 is 5.11 Å². The van der Waals surface area contributed by atoms with Gasteiger partial charge in [0.2, 0.25) is 0 Å². The van der Waals surface area contributed by atoms with Gasteiger partial charge in [0.15, 0.2) is 0 Å². The van der Waals surface area contributed by atoms with E-state index in [0.29, 0.717) is 12.1 Å². The molecule has 3 atom stereocenters. The molecular weight excluding hydrogens is 260 g/mol. The lowest BCUT2D eigenvalue weighted by atomic mass is 9.90. The number of hydrogen-bond acceptors (Lipinski definition) is 3. The number of nitrogens with one attached hydrogen (secondary N) is 1. The van der Waals surface area contributed by atoms with Crippen LogP contribution in [0.25, 0.3) is 0 Å². The molecule has 2 aliphatic heterocycles. The molecule has 116 valence electrons. The predicted molar refractivity (Wildman–Crippen MR) is 86.2 cm³/mol. The van der Waals surface area contributed by atoms with Crippen LogP contribution in [0.1, 0.15) is 44.6 Å². The fourth-order valence-electron chi connectivity index (χ4n) is 3.99. The highest BCUT2D eigenvalue weighted by molar-refractivity contribution is 5.22. The van der Waals surface area contributed by atoms with Gasteiger partial charge in [-0.1, -0.05) is 36.8 Å². The maximum atomic E-state index is 10.9. The molecule has 2 fully saturated rings. The van der Waals surface area contributed by atoms with Gasteiger partial charge >= 0.3 is 0 Å². The van der Waals surface area contributed by atoms with E-state index < -0.39 is 5.60 Å². The molecule has 0 bridgehead atoms. The zero-order chi connectivity index (χ0) is 14.7. The van der Waals surface area contributed by atoms with Gasteiger partial charge in [-0.05, 0) is 51.3 Å². The molecule has 3 heteroatoms. The topological polar surface area (TPSA) is 35.5 Å². The first-order valence-electron chi connectivity index (χ1n) is 8.42. The summed E-state index contributed by atoms with van der Waals surface area (Å²) in [6.07, 6.45) is 6.43. The Labute approximate surface area is 128 Å². The Morgan fingerprint density at radius 2 is 2.00 bits per heavy atom. The molecule has 1 aromatic carbocycles. The Hall–Kier alpha value is -0.900. The molecule has 0 radical (unpaired) electrons. The molecule has 3 unspecified atom stereocenters. The number of β-amino-alcohol motifs (C(OH)–C–C–N with tert-alkyl or cyclic N) is 1. The monoisotopic (exact) mass is 288 g/mol. The maximum absolute atomic E-state index is 10.9. The van der Waals surface area contributed by atoms with Crippen LogP contribution in [-0.4, -0.2) is 41.7 Å². The molecule has 2 heterocycles. The average molecular weight is 288 g/mol. The van der Waals surface area contributed by atoms with Gasteiger partial charge in [-0.15, -0.1) is 0 Å². The molecule has 2 aliphatic rings. The number of aliphatic hydroxyl groups is 1. The lowest BCUT2D eigenvalue weighted by Gasteiger charge is -2.42. The second-order valence-corrected chi connectivity index (χ2v) is 6.88. The quantitative estimate of drug-likeness (QED) is 0.893. The Kier molecular flexibility index (Phi) is 4.63. The fraction of sp³-hybridized carbons (Fsp3) is 0.667. The molecule has 21 heavy (non-hydrogen) atoms. The number of likely N-dealkylation sites (tertiary alicyclic amines) is 1. The summed E-state index contributed by atoms with van der Waals surface area (Å²) in [6.45, 7) is 4.96. The van der Waals surface area contributed by atoms with Crippen LogP contribution in [0.4, 0.5) is 0 Å². The van der Waals surface area contributed by atoms with Gasteiger partial charge in [-0.2, -0.15) is 0 Å². The van der Waals surface area contributed by atoms with Crippen LogP contribution in [-0.2, 0) is 5.60 Å². The molecule has 3 nitrogen and oxygen atoms in total. The number of hydrogen-bond donors (Lipinski definition) is 2. The molecule has 0 amide bonds. The smallest absolute Gasteiger partial charge is 0.0994 e. The lowest BCUT2D eigenvalue weighted by molar-refractivity contribution is -0.0132. The highest BCUT2D eigenvalue weighted by atomic mass is 16.3. The second-order valence-electron chi connectivity index (χ2n) is 6.88. The van der Waals surface area contributed by atoms with Gasteiger partial charge in [0.1, 0.15) is 0 Å². The molecule has 0 aromatic heterocycles. The van der Waals surface area contributed by atoms with Crippen molar-refractivity contribution >= 4 is 0 Å². The summed E-state index contributed by atoms with van der Waals surface area (Å²) in [5.41, 5.74) is 0.254. The lowest BCUT2D eigenvalue weighted by Crippen LogP contribution is -2.53. The minimum Gasteiger partial charge on any atom is -0.384 e. The normalized spacial score (nSPS) is 30.2. The summed E-state index contributed by atoms with van der Waals surface area (Å²) in [6, 6.07) is 11.3. The van der Waals surface area contributed by atoms with E-state index in [2.05, 4.69) is 10.2 Å². The number of rotatable bonds is 4. The number of piperidine rings is 1. The van der Waals surface area contributed by atoms with Crippen LogP contribution < -0.4 is 5.32 Å². The summed E-state index contributed by atoms with van der Waals surface area (Å²) in [5.74, 6) is 0. The van der Waals surface area contributed by atoms with Crippen LogP contribution in [0.5, 0.6) is 0 Å². The van der Waals surface area contributed by atoms with E-state index in [9.17, 15) is 5.11 Å². The molecule has 3 rings (SSSR count). The van der Waals surface area contributed by atoms with E-state index in [1.807, 2.05) is 37.3 Å². The molecule has 0 aliphatic carbocycles. The zero-order valence-electron chi connectivity index (χ0n) is 13.1. The number of benzene rings is 1. The summed E-state index contributed by atoms with van der Waals surface area (Å²) in [5, 5.41) is 14.6. The Morgan fingerprint density at radius 1 is 1.19 bits per heavy atom. The maximum Gasteiger partial charge on any atom is 0.0994 e. The fourth-order valence-corrected chi connectivity index (χ4v) is 3.99. The van der Waals surface area contributed by atoms with Crippen molar-refractivity contribution in [3.8, 4) is 0 Å². The van der Waals surface area contributed by atoms with Crippen LogP contribution in [0.3, 0.4) is 0 Å². The average Bonchev–Trinajstić information content (AvgIpc) is 3.02. The molecule has 2 N–H and O–H groups in total. The minimum atomic E-state index is -0.768. The van der Waals surface area contributed by atoms with Gasteiger partial charge in [0.25, 0.3) is 0 Å². The first kappa shape index (κ1) is 15.0. The third kappa shape index (κ3) is 3.47. The van der Waals surface area contributed by atoms with Gasteiger partial charge in [-0.3, -0.25) is 4.90 Å². The van der Waals surface area contributed by atoms with Gasteiger partial charge in [-0.25, -0.2) is 0 Å². The van der Waals surface area contributed by atoms with Crippen molar-refractivity contribution in [1.29, 1.82) is 0 Å². The van der Waals surface area contributed by atoms with Crippen molar-refractivity contribution in [1.82, 2.24) is 10.2 Å². The number of nitrogens with zero attached hydrogens (tertiary/aromatic N) is 1. The van der Waals surface area contributed by atoms with E-state index in [4.69, 9.17) is 0 Å². The Balaban J connectivity index is 1.71. The SMILES string of the molecule is CC(O)(CN1CCCCC1C1CCCN1)c1ccccc1. The van der Waals surface area contributed by atoms with Gasteiger partial charge < -0.3 is 10.4 Å². The summed E-state index contributed by atoms with van der Waals surface area (Å²) < 4.78 is 0. The minimum absolute atomic E-state index is 0.594. The van der Waals surface area contributed by atoms with Gasteiger partial charge in [0.05, 0.1) is 5.60 Å². The van der Waals surface area contributed by atoms with E-state index in [1.54, 1.807) is 0 Å². The van der Waals surface area contributed by atoms with Crippen LogP contribution in [0.15, 0.2) is 30.3 Å². The van der Waals surface area contributed by atoms with Crippen molar-refractivity contribution in [2.75, 3.05) is 19.6 Å². The van der Waals surface area contributed by atoms with E-state index in [1.165, 1.54) is 32.1 Å². The van der Waals surface area contributed by atoms with E-state index >= 15 is 0 Å². The molecule has 0 spiro atoms. The summed E-state index contributed by atoms with van der Waals surface area (Å²) in [7, 11) is 0. The van der Waals surface area contributed by atoms with Crippen molar-refractivity contribution in [3.05, 3.63) is 35.9 Å². The first-order valence-corrected chi connectivity index (χ1v) is 8.42. The van der Waals surface area contributed by atoms with Crippen LogP contribution >= 0.6 is 0 Å². The highest BCUT2D eigenvalue weighted by Gasteiger charge is 2.35. The van der Waals surface area contributed by atoms with Gasteiger partial charge in [0, 0.05) is 18.6 Å².